The number of likely N-dealkylation sites (tertiary alicyclic amines) is 1. The zero-order valence-corrected chi connectivity index (χ0v) is 24.3. The molecule has 0 bridgehead atoms. The summed E-state index contributed by atoms with van der Waals surface area (Å²) in [7, 11) is 2.38. The lowest BCUT2D eigenvalue weighted by Gasteiger charge is -2.62. The van der Waals surface area contributed by atoms with Crippen LogP contribution in [0, 0.1) is 58.2 Å². The molecule has 4 aliphatic carbocycles. The van der Waals surface area contributed by atoms with Crippen LogP contribution in [0.15, 0.2) is 0 Å². The van der Waals surface area contributed by atoms with Gasteiger partial charge in [0.15, 0.2) is 0 Å². The van der Waals surface area contributed by atoms with Crippen LogP contribution < -0.4 is 5.73 Å². The summed E-state index contributed by atoms with van der Waals surface area (Å²) in [6.45, 7) is 13.7. The predicted molar refractivity (Wildman–Crippen MR) is 147 cm³/mol. The van der Waals surface area contributed by atoms with Crippen molar-refractivity contribution in [3.8, 4) is 0 Å². The fourth-order valence-corrected chi connectivity index (χ4v) is 11.3. The van der Waals surface area contributed by atoms with E-state index in [1.165, 1.54) is 64.3 Å². The van der Waals surface area contributed by atoms with Crippen molar-refractivity contribution < 1.29 is 9.53 Å². The van der Waals surface area contributed by atoms with E-state index in [0.717, 1.165) is 60.3 Å². The van der Waals surface area contributed by atoms with Gasteiger partial charge in [0.25, 0.3) is 0 Å². The van der Waals surface area contributed by atoms with Crippen LogP contribution in [0.3, 0.4) is 0 Å². The number of nitrogens with two attached hydrogens (primary N) is 1. The van der Waals surface area contributed by atoms with Gasteiger partial charge in [0.1, 0.15) is 0 Å². The summed E-state index contributed by atoms with van der Waals surface area (Å²) in [5, 5.41) is 0. The van der Waals surface area contributed by atoms with Crippen LogP contribution in [-0.2, 0) is 9.53 Å². The van der Waals surface area contributed by atoms with Crippen LogP contribution in [0.4, 0.5) is 0 Å². The molecular weight excluding hydrogens is 444 g/mol. The maximum atomic E-state index is 11.9. The second kappa shape index (κ2) is 10.2. The van der Waals surface area contributed by atoms with Crippen molar-refractivity contribution in [2.24, 2.45) is 63.9 Å². The summed E-state index contributed by atoms with van der Waals surface area (Å²) in [4.78, 5) is 14.6. The summed E-state index contributed by atoms with van der Waals surface area (Å²) >= 11 is 0. The van der Waals surface area contributed by atoms with E-state index in [2.05, 4.69) is 39.6 Å². The predicted octanol–water partition coefficient (Wildman–Crippen LogP) is 6.52. The molecule has 36 heavy (non-hydrogen) atoms. The summed E-state index contributed by atoms with van der Waals surface area (Å²) in [6.07, 6.45) is 14.4. The summed E-state index contributed by atoms with van der Waals surface area (Å²) in [6, 6.07) is 1.11. The average molecular weight is 501 g/mol. The van der Waals surface area contributed by atoms with Crippen molar-refractivity contribution in [1.82, 2.24) is 4.90 Å². The maximum Gasteiger partial charge on any atom is 0.302 e. The van der Waals surface area contributed by atoms with E-state index in [9.17, 15) is 4.79 Å². The van der Waals surface area contributed by atoms with Crippen LogP contribution in [0.5, 0.6) is 0 Å². The third kappa shape index (κ3) is 4.48. The lowest BCUT2D eigenvalue weighted by Crippen LogP contribution is -2.58. The number of esters is 1. The number of rotatable bonds is 6. The first-order chi connectivity index (χ1) is 17.1. The van der Waals surface area contributed by atoms with Gasteiger partial charge in [0, 0.05) is 24.4 Å². The molecule has 0 aromatic rings. The number of carbonyl (C=O) groups excluding carboxylic acids is 1. The molecule has 0 aromatic carbocycles. The highest BCUT2D eigenvalue weighted by molar-refractivity contribution is 5.65. The van der Waals surface area contributed by atoms with Gasteiger partial charge in [-0.3, -0.25) is 4.79 Å². The van der Waals surface area contributed by atoms with Gasteiger partial charge in [-0.1, -0.05) is 27.7 Å². The molecule has 4 saturated carbocycles. The number of fused-ring (bicyclic) bond motifs is 5. The summed E-state index contributed by atoms with van der Waals surface area (Å²) in [5.74, 6) is 6.28. The number of ether oxygens (including phenoxy) is 1. The van der Waals surface area contributed by atoms with Crippen LogP contribution in [0.1, 0.15) is 105 Å². The Morgan fingerprint density at radius 2 is 1.81 bits per heavy atom. The van der Waals surface area contributed by atoms with Crippen molar-refractivity contribution in [1.29, 1.82) is 0 Å². The average Bonchev–Trinajstić information content (AvgIpc) is 3.37. The molecule has 0 aromatic heterocycles. The minimum atomic E-state index is -0.105. The Bertz CT molecular complexity index is 799. The topological polar surface area (TPSA) is 55.6 Å². The summed E-state index contributed by atoms with van der Waals surface area (Å²) in [5.41, 5.74) is 7.16. The second-order valence-electron chi connectivity index (χ2n) is 14.9. The Morgan fingerprint density at radius 1 is 1.03 bits per heavy atom. The van der Waals surface area contributed by atoms with E-state index in [-0.39, 0.29) is 11.4 Å². The van der Waals surface area contributed by atoms with Crippen molar-refractivity contribution in [2.75, 3.05) is 20.2 Å². The molecule has 4 nitrogen and oxygen atoms in total. The highest BCUT2D eigenvalue weighted by Crippen LogP contribution is 2.68. The molecule has 0 spiro atoms. The zero-order chi connectivity index (χ0) is 25.8. The molecular formula is C32H56N2O2. The Kier molecular flexibility index (Phi) is 7.62. The highest BCUT2D eigenvalue weighted by atomic mass is 16.5. The second-order valence-corrected chi connectivity index (χ2v) is 14.9. The van der Waals surface area contributed by atoms with Gasteiger partial charge in [0.05, 0.1) is 6.61 Å². The third-order valence-electron chi connectivity index (χ3n) is 13.1. The minimum Gasteiger partial charge on any atom is -0.465 e. The van der Waals surface area contributed by atoms with Crippen LogP contribution in [0.25, 0.3) is 0 Å². The maximum absolute atomic E-state index is 11.9. The number of hydrogen-bond acceptors (Lipinski definition) is 4. The first-order valence-corrected chi connectivity index (χ1v) is 15.7. The van der Waals surface area contributed by atoms with Gasteiger partial charge in [-0.15, -0.1) is 0 Å². The lowest BCUT2D eigenvalue weighted by atomic mass is 9.44. The highest BCUT2D eigenvalue weighted by Gasteiger charge is 2.62. The Morgan fingerprint density at radius 3 is 2.53 bits per heavy atom. The van der Waals surface area contributed by atoms with Crippen LogP contribution in [0.2, 0.25) is 0 Å². The summed E-state index contributed by atoms with van der Waals surface area (Å²) < 4.78 is 5.85. The molecule has 1 aliphatic heterocycles. The normalized spacial score (nSPS) is 47.8. The van der Waals surface area contributed by atoms with Crippen LogP contribution >= 0.6 is 0 Å². The van der Waals surface area contributed by atoms with Gasteiger partial charge < -0.3 is 15.4 Å². The molecule has 1 unspecified atom stereocenters. The first kappa shape index (κ1) is 27.0. The molecule has 4 heteroatoms. The fraction of sp³-hybridized carbons (Fsp3) is 0.969. The molecule has 5 fully saturated rings. The number of nitrogens with zero attached hydrogens (tertiary/aromatic N) is 1. The fourth-order valence-electron chi connectivity index (χ4n) is 11.3. The SMILES string of the molecule is CC(=O)OC[C@]12CC[C@@H](N)C[C@@H]1CC[C@H]1[C@@H]3CC[C@H](C(C)C[C@H]4[C@H](C(C)C)CCN4C)[C@@]3(C)CC[C@@H]12. The van der Waals surface area contributed by atoms with E-state index < -0.39 is 0 Å². The quantitative estimate of drug-likeness (QED) is 0.422. The van der Waals surface area contributed by atoms with Crippen molar-refractivity contribution >= 4 is 5.97 Å². The van der Waals surface area contributed by atoms with Gasteiger partial charge in [-0.05, 0) is 137 Å². The van der Waals surface area contributed by atoms with Crippen molar-refractivity contribution in [3.05, 3.63) is 0 Å². The smallest absolute Gasteiger partial charge is 0.302 e. The van der Waals surface area contributed by atoms with Crippen molar-refractivity contribution in [2.45, 2.75) is 117 Å². The van der Waals surface area contributed by atoms with Crippen LogP contribution in [-0.4, -0.2) is 43.2 Å². The van der Waals surface area contributed by atoms with Gasteiger partial charge >= 0.3 is 5.97 Å². The van der Waals surface area contributed by atoms with Gasteiger partial charge in [-0.2, -0.15) is 0 Å². The molecule has 206 valence electrons. The molecule has 5 rings (SSSR count). The third-order valence-corrected chi connectivity index (χ3v) is 13.1. The van der Waals surface area contributed by atoms with Gasteiger partial charge in [0.2, 0.25) is 0 Å². The first-order valence-electron chi connectivity index (χ1n) is 15.7. The molecule has 0 amide bonds. The molecule has 0 radical (unpaired) electrons. The van der Waals surface area contributed by atoms with E-state index in [4.69, 9.17) is 10.5 Å². The molecule has 5 aliphatic rings. The Hall–Kier alpha value is -0.610. The van der Waals surface area contributed by atoms with E-state index >= 15 is 0 Å². The minimum absolute atomic E-state index is 0.105. The Balaban J connectivity index is 1.34. The van der Waals surface area contributed by atoms with E-state index in [1.54, 1.807) is 6.92 Å². The Labute approximate surface area is 221 Å². The molecule has 1 saturated heterocycles. The standard InChI is InChI=1S/C32H56N2O2/c1-20(2)25-13-16-34(6)30(25)17-21(3)27-9-10-28-26-8-7-23-18-24(33)11-15-32(23,19-36-22(4)35)29(26)12-14-31(27,28)5/h20-21,23-30H,7-19,33H2,1-6H3/t21?,23-,24+,25-,26-,27+,28-,29-,30-,31+,32+/m0/s1. The van der Waals surface area contributed by atoms with E-state index in [1.807, 2.05) is 0 Å². The molecule has 2 N–H and O–H groups in total. The lowest BCUT2D eigenvalue weighted by molar-refractivity contribution is -0.169. The molecule has 11 atom stereocenters. The number of hydrogen-bond donors (Lipinski definition) is 1. The van der Waals surface area contributed by atoms with Gasteiger partial charge in [-0.25, -0.2) is 0 Å². The molecule has 1 heterocycles. The largest absolute Gasteiger partial charge is 0.465 e. The van der Waals surface area contributed by atoms with Crippen molar-refractivity contribution in [3.63, 3.8) is 0 Å². The zero-order valence-electron chi connectivity index (χ0n) is 24.3. The number of carbonyl (C=O) groups is 1. The monoisotopic (exact) mass is 500 g/mol. The van der Waals surface area contributed by atoms with E-state index in [0.29, 0.717) is 24.0 Å².